The molecule has 0 aliphatic carbocycles. The van der Waals surface area contributed by atoms with Crippen LogP contribution in [0.5, 0.6) is 5.75 Å². The molecular weight excluding hydrogens is 268 g/mol. The summed E-state index contributed by atoms with van der Waals surface area (Å²) in [7, 11) is 2.17. The average molecular weight is 296 g/mol. The number of thioether (sulfide) groups is 1. The number of rotatable bonds is 10. The highest BCUT2D eigenvalue weighted by Gasteiger charge is 2.08. The lowest BCUT2D eigenvalue weighted by Gasteiger charge is -2.24. The lowest BCUT2D eigenvalue weighted by Crippen LogP contribution is -2.33. The van der Waals surface area contributed by atoms with E-state index in [-0.39, 0.29) is 0 Å². The Balaban J connectivity index is 2.25. The van der Waals surface area contributed by atoms with E-state index in [0.29, 0.717) is 12.6 Å². The van der Waals surface area contributed by atoms with Crippen molar-refractivity contribution in [1.82, 2.24) is 4.90 Å². The highest BCUT2D eigenvalue weighted by atomic mass is 32.2. The van der Waals surface area contributed by atoms with Crippen LogP contribution in [-0.4, -0.2) is 49.7 Å². The van der Waals surface area contributed by atoms with E-state index in [4.69, 9.17) is 10.5 Å². The fourth-order valence-electron chi connectivity index (χ4n) is 1.96. The molecule has 20 heavy (non-hydrogen) atoms. The number of benzene rings is 1. The molecule has 0 radical (unpaired) electrons. The van der Waals surface area contributed by atoms with Crippen molar-refractivity contribution in [3.63, 3.8) is 0 Å². The Morgan fingerprint density at radius 3 is 2.60 bits per heavy atom. The van der Waals surface area contributed by atoms with Gasteiger partial charge in [0.05, 0.1) is 0 Å². The Morgan fingerprint density at radius 1 is 1.30 bits per heavy atom. The summed E-state index contributed by atoms with van der Waals surface area (Å²) < 4.78 is 5.79. The summed E-state index contributed by atoms with van der Waals surface area (Å²) in [5.74, 6) is 2.16. The SMILES string of the molecule is CSCCC(C)N(C)CCOc1ccc(CCN)cc1. The molecule has 0 aliphatic heterocycles. The second-order valence-corrected chi connectivity index (χ2v) is 6.13. The van der Waals surface area contributed by atoms with Crippen LogP contribution in [0.25, 0.3) is 0 Å². The van der Waals surface area contributed by atoms with Gasteiger partial charge in [0.1, 0.15) is 12.4 Å². The second kappa shape index (κ2) is 10.1. The molecule has 114 valence electrons. The lowest BCUT2D eigenvalue weighted by atomic mass is 10.1. The Labute approximate surface area is 127 Å². The fraction of sp³-hybridized carbons (Fsp3) is 0.625. The molecule has 0 saturated carbocycles. The standard InChI is InChI=1S/C16H28N2OS/c1-14(9-13-20-3)18(2)11-12-19-16-6-4-15(5-7-16)8-10-17/h4-7,14H,8-13,17H2,1-3H3. The van der Waals surface area contributed by atoms with E-state index in [2.05, 4.69) is 37.3 Å². The van der Waals surface area contributed by atoms with E-state index in [1.807, 2.05) is 23.9 Å². The minimum Gasteiger partial charge on any atom is -0.492 e. The summed E-state index contributed by atoms with van der Waals surface area (Å²) >= 11 is 1.91. The first-order valence-corrected chi connectivity index (χ1v) is 8.67. The Kier molecular flexibility index (Phi) is 8.74. The van der Waals surface area contributed by atoms with Gasteiger partial charge in [-0.25, -0.2) is 0 Å². The van der Waals surface area contributed by atoms with Crippen molar-refractivity contribution in [2.24, 2.45) is 5.73 Å². The first kappa shape index (κ1) is 17.3. The third kappa shape index (κ3) is 6.64. The van der Waals surface area contributed by atoms with Gasteiger partial charge in [0, 0.05) is 12.6 Å². The highest BCUT2D eigenvalue weighted by Crippen LogP contribution is 2.12. The monoisotopic (exact) mass is 296 g/mol. The Bertz CT molecular complexity index is 356. The number of nitrogens with zero attached hydrogens (tertiary/aromatic N) is 1. The zero-order valence-corrected chi connectivity index (χ0v) is 13.8. The molecule has 0 spiro atoms. The smallest absolute Gasteiger partial charge is 0.119 e. The van der Waals surface area contributed by atoms with Gasteiger partial charge in [0.15, 0.2) is 0 Å². The molecule has 3 nitrogen and oxygen atoms in total. The van der Waals surface area contributed by atoms with Crippen LogP contribution in [0.3, 0.4) is 0 Å². The first-order valence-electron chi connectivity index (χ1n) is 7.28. The van der Waals surface area contributed by atoms with Gasteiger partial charge in [0.25, 0.3) is 0 Å². The van der Waals surface area contributed by atoms with Gasteiger partial charge in [-0.1, -0.05) is 12.1 Å². The van der Waals surface area contributed by atoms with E-state index < -0.39 is 0 Å². The largest absolute Gasteiger partial charge is 0.492 e. The molecule has 0 aromatic heterocycles. The van der Waals surface area contributed by atoms with Crippen molar-refractivity contribution in [3.05, 3.63) is 29.8 Å². The Morgan fingerprint density at radius 2 is 2.00 bits per heavy atom. The Hall–Kier alpha value is -0.710. The van der Waals surface area contributed by atoms with Crippen molar-refractivity contribution < 1.29 is 4.74 Å². The van der Waals surface area contributed by atoms with E-state index >= 15 is 0 Å². The maximum atomic E-state index is 5.79. The summed E-state index contributed by atoms with van der Waals surface area (Å²) in [6.45, 7) is 4.66. The quantitative estimate of drug-likeness (QED) is 0.720. The summed E-state index contributed by atoms with van der Waals surface area (Å²) in [6.07, 6.45) is 4.31. The molecule has 4 heteroatoms. The number of hydrogen-bond acceptors (Lipinski definition) is 4. The summed E-state index contributed by atoms with van der Waals surface area (Å²) in [5, 5.41) is 0. The van der Waals surface area contributed by atoms with Gasteiger partial charge in [0.2, 0.25) is 0 Å². The van der Waals surface area contributed by atoms with Crippen LogP contribution in [0.15, 0.2) is 24.3 Å². The van der Waals surface area contributed by atoms with Gasteiger partial charge in [-0.15, -0.1) is 0 Å². The third-order valence-corrected chi connectivity index (χ3v) is 4.21. The van der Waals surface area contributed by atoms with Crippen molar-refractivity contribution in [2.45, 2.75) is 25.8 Å². The molecule has 0 heterocycles. The minimum absolute atomic E-state index is 0.609. The van der Waals surface area contributed by atoms with Gasteiger partial charge < -0.3 is 15.4 Å². The molecular formula is C16H28N2OS. The summed E-state index contributed by atoms with van der Waals surface area (Å²) in [6, 6.07) is 8.85. The molecule has 0 amide bonds. The van der Waals surface area contributed by atoms with Crippen LogP contribution in [-0.2, 0) is 6.42 Å². The predicted molar refractivity (Wildman–Crippen MR) is 89.8 cm³/mol. The van der Waals surface area contributed by atoms with Crippen LogP contribution in [0.2, 0.25) is 0 Å². The average Bonchev–Trinajstić information content (AvgIpc) is 2.46. The molecule has 1 rings (SSSR count). The maximum Gasteiger partial charge on any atom is 0.119 e. The molecule has 0 bridgehead atoms. The summed E-state index contributed by atoms with van der Waals surface area (Å²) in [4.78, 5) is 2.36. The number of nitrogens with two attached hydrogens (primary N) is 1. The van der Waals surface area contributed by atoms with E-state index in [0.717, 1.165) is 25.3 Å². The number of hydrogen-bond donors (Lipinski definition) is 1. The van der Waals surface area contributed by atoms with E-state index in [9.17, 15) is 0 Å². The van der Waals surface area contributed by atoms with Crippen LogP contribution in [0.4, 0.5) is 0 Å². The van der Waals surface area contributed by atoms with Crippen molar-refractivity contribution in [3.8, 4) is 5.75 Å². The fourth-order valence-corrected chi connectivity index (χ4v) is 2.53. The summed E-state index contributed by atoms with van der Waals surface area (Å²) in [5.41, 5.74) is 6.80. The molecule has 0 saturated heterocycles. The number of likely N-dealkylation sites (N-methyl/N-ethyl adjacent to an activating group) is 1. The number of ether oxygens (including phenoxy) is 1. The molecule has 1 aromatic carbocycles. The van der Waals surface area contributed by atoms with Gasteiger partial charge in [-0.3, -0.25) is 0 Å². The van der Waals surface area contributed by atoms with E-state index in [1.165, 1.54) is 17.7 Å². The molecule has 1 atom stereocenters. The van der Waals surface area contributed by atoms with Crippen LogP contribution >= 0.6 is 11.8 Å². The highest BCUT2D eigenvalue weighted by molar-refractivity contribution is 7.98. The van der Waals surface area contributed by atoms with Crippen LogP contribution in [0.1, 0.15) is 18.9 Å². The predicted octanol–water partition coefficient (Wildman–Crippen LogP) is 2.64. The molecule has 1 unspecified atom stereocenters. The van der Waals surface area contributed by atoms with E-state index in [1.54, 1.807) is 0 Å². The molecule has 2 N–H and O–H groups in total. The van der Waals surface area contributed by atoms with Crippen molar-refractivity contribution >= 4 is 11.8 Å². The van der Waals surface area contributed by atoms with Crippen molar-refractivity contribution in [2.75, 3.05) is 38.8 Å². The van der Waals surface area contributed by atoms with Crippen LogP contribution < -0.4 is 10.5 Å². The van der Waals surface area contributed by atoms with Crippen LogP contribution in [0, 0.1) is 0 Å². The lowest BCUT2D eigenvalue weighted by molar-refractivity contribution is 0.197. The van der Waals surface area contributed by atoms with Crippen molar-refractivity contribution in [1.29, 1.82) is 0 Å². The van der Waals surface area contributed by atoms with Gasteiger partial charge in [-0.2, -0.15) is 11.8 Å². The van der Waals surface area contributed by atoms with Gasteiger partial charge >= 0.3 is 0 Å². The maximum absolute atomic E-state index is 5.79. The second-order valence-electron chi connectivity index (χ2n) is 5.14. The normalized spacial score (nSPS) is 12.7. The molecule has 1 aromatic rings. The molecule has 0 aliphatic rings. The zero-order chi connectivity index (χ0) is 14.8. The topological polar surface area (TPSA) is 38.5 Å². The van der Waals surface area contributed by atoms with Gasteiger partial charge in [-0.05, 0) is 63.1 Å². The molecule has 0 fully saturated rings. The minimum atomic E-state index is 0.609. The zero-order valence-electron chi connectivity index (χ0n) is 13.0. The third-order valence-electron chi connectivity index (χ3n) is 3.56. The first-order chi connectivity index (χ1) is 9.67.